The largest absolute Gasteiger partial charge is 0.480 e. The maximum Gasteiger partial charge on any atom is 0.326 e. The Morgan fingerprint density at radius 2 is 1.90 bits per heavy atom. The van der Waals surface area contributed by atoms with Gasteiger partial charge in [-0.25, -0.2) is 9.59 Å². The summed E-state index contributed by atoms with van der Waals surface area (Å²) in [5.74, 6) is -2.08. The van der Waals surface area contributed by atoms with E-state index in [1.54, 1.807) is 7.05 Å². The predicted molar refractivity (Wildman–Crippen MR) is 76.5 cm³/mol. The van der Waals surface area contributed by atoms with Gasteiger partial charge in [0.1, 0.15) is 6.04 Å². The van der Waals surface area contributed by atoms with Gasteiger partial charge in [-0.2, -0.15) is 0 Å². The number of nitrogens with zero attached hydrogens (tertiary/aromatic N) is 1. The van der Waals surface area contributed by atoms with Crippen molar-refractivity contribution in [2.75, 3.05) is 13.6 Å². The van der Waals surface area contributed by atoms with Crippen LogP contribution in [0.25, 0.3) is 0 Å². The zero-order valence-electron chi connectivity index (χ0n) is 11.8. The number of carbonyl (C=O) groups excluding carboxylic acids is 2. The summed E-state index contributed by atoms with van der Waals surface area (Å²) in [6.07, 6.45) is 0.214. The van der Waals surface area contributed by atoms with Gasteiger partial charge in [-0.1, -0.05) is 30.3 Å². The molecule has 21 heavy (non-hydrogen) atoms. The summed E-state index contributed by atoms with van der Waals surface area (Å²) < 4.78 is 0. The maximum atomic E-state index is 11.9. The predicted octanol–water partition coefficient (Wildman–Crippen LogP) is 0.199. The number of rotatable bonds is 7. The first-order valence-electron chi connectivity index (χ1n) is 6.47. The quantitative estimate of drug-likeness (QED) is 0.666. The van der Waals surface area contributed by atoms with Gasteiger partial charge in [0, 0.05) is 13.6 Å². The second-order valence-electron chi connectivity index (χ2n) is 4.67. The lowest BCUT2D eigenvalue weighted by Gasteiger charge is -2.20. The molecule has 3 amide bonds. The molecule has 0 fully saturated rings. The van der Waals surface area contributed by atoms with Crippen LogP contribution in [-0.4, -0.2) is 47.5 Å². The minimum absolute atomic E-state index is 0.429. The first kappa shape index (κ1) is 16.5. The Hall–Kier alpha value is -2.57. The summed E-state index contributed by atoms with van der Waals surface area (Å²) in [6.45, 7) is 0.429. The summed E-state index contributed by atoms with van der Waals surface area (Å²) >= 11 is 0. The molecule has 0 aromatic heterocycles. The summed E-state index contributed by atoms with van der Waals surface area (Å²) in [4.78, 5) is 34.9. The number of aliphatic carboxylic acids is 1. The number of amides is 3. The molecule has 0 aliphatic heterocycles. The lowest BCUT2D eigenvalue weighted by atomic mass is 10.1. The molecule has 1 aromatic carbocycles. The number of carbonyl (C=O) groups is 3. The number of hydrogen-bond acceptors (Lipinski definition) is 3. The number of urea groups is 1. The van der Waals surface area contributed by atoms with Gasteiger partial charge in [-0.3, -0.25) is 4.79 Å². The minimum atomic E-state index is -1.31. The number of benzene rings is 1. The van der Waals surface area contributed by atoms with E-state index in [0.717, 1.165) is 5.56 Å². The first-order chi connectivity index (χ1) is 9.90. The molecule has 1 aromatic rings. The average molecular weight is 293 g/mol. The third-order valence-corrected chi connectivity index (χ3v) is 2.93. The molecule has 7 heteroatoms. The molecule has 0 heterocycles. The van der Waals surface area contributed by atoms with Gasteiger partial charge < -0.3 is 21.1 Å². The van der Waals surface area contributed by atoms with Crippen LogP contribution in [0, 0.1) is 0 Å². The summed E-state index contributed by atoms with van der Waals surface area (Å²) in [7, 11) is 1.56. The highest BCUT2D eigenvalue weighted by Crippen LogP contribution is 2.01. The lowest BCUT2D eigenvalue weighted by Crippen LogP contribution is -2.48. The maximum absolute atomic E-state index is 11.9. The number of carboxylic acids is 1. The highest BCUT2D eigenvalue weighted by molar-refractivity contribution is 5.87. The fourth-order valence-corrected chi connectivity index (χ4v) is 1.70. The van der Waals surface area contributed by atoms with E-state index in [-0.39, 0.29) is 0 Å². The Morgan fingerprint density at radius 3 is 2.43 bits per heavy atom. The molecule has 0 saturated carbocycles. The van der Waals surface area contributed by atoms with Crippen molar-refractivity contribution in [3.8, 4) is 0 Å². The molecular formula is C14H19N3O4. The van der Waals surface area contributed by atoms with Crippen LogP contribution < -0.4 is 11.1 Å². The Morgan fingerprint density at radius 1 is 1.29 bits per heavy atom. The number of primary amides is 1. The van der Waals surface area contributed by atoms with Crippen LogP contribution in [0.4, 0.5) is 4.79 Å². The number of nitrogens with one attached hydrogen (secondary N) is 1. The van der Waals surface area contributed by atoms with E-state index in [0.29, 0.717) is 13.0 Å². The molecule has 1 rings (SSSR count). The van der Waals surface area contributed by atoms with Crippen molar-refractivity contribution < 1.29 is 19.5 Å². The van der Waals surface area contributed by atoms with E-state index in [2.05, 4.69) is 5.32 Å². The normalized spacial score (nSPS) is 11.5. The van der Waals surface area contributed by atoms with Gasteiger partial charge >= 0.3 is 12.0 Å². The average Bonchev–Trinajstić information content (AvgIpc) is 2.44. The Labute approximate surface area is 122 Å². The number of carboxylic acid groups (broad SMARTS) is 1. The summed E-state index contributed by atoms with van der Waals surface area (Å²) in [5.41, 5.74) is 6.02. The van der Waals surface area contributed by atoms with Gasteiger partial charge in [-0.15, -0.1) is 0 Å². The molecule has 114 valence electrons. The third-order valence-electron chi connectivity index (χ3n) is 2.93. The van der Waals surface area contributed by atoms with Crippen LogP contribution in [0.1, 0.15) is 12.0 Å². The highest BCUT2D eigenvalue weighted by Gasteiger charge is 2.23. The number of nitrogens with two attached hydrogens (primary N) is 1. The number of likely N-dealkylation sites (N-methyl/N-ethyl adjacent to an activating group) is 1. The van der Waals surface area contributed by atoms with Crippen LogP contribution in [0.3, 0.4) is 0 Å². The van der Waals surface area contributed by atoms with E-state index in [1.807, 2.05) is 30.3 Å². The number of hydrogen-bond donors (Lipinski definition) is 3. The molecule has 1 atom stereocenters. The van der Waals surface area contributed by atoms with Crippen LogP contribution in [0.5, 0.6) is 0 Å². The standard InChI is InChI=1S/C14H19N3O4/c1-17(8-7-10-5-3-2-4-6-10)14(21)16-11(13(19)20)9-12(15)18/h2-6,11H,7-9H2,1H3,(H2,15,18)(H,16,21)(H,19,20)/t11-/m0/s1. The Kier molecular flexibility index (Phi) is 6.19. The van der Waals surface area contributed by atoms with Crippen LogP contribution in [0.2, 0.25) is 0 Å². The summed E-state index contributed by atoms with van der Waals surface area (Å²) in [6, 6.07) is 7.73. The molecular weight excluding hydrogens is 274 g/mol. The zero-order chi connectivity index (χ0) is 15.8. The van der Waals surface area contributed by atoms with Crippen molar-refractivity contribution in [1.82, 2.24) is 10.2 Å². The fourth-order valence-electron chi connectivity index (χ4n) is 1.70. The minimum Gasteiger partial charge on any atom is -0.480 e. The molecule has 0 spiro atoms. The van der Waals surface area contributed by atoms with Gasteiger partial charge in [-0.05, 0) is 12.0 Å². The smallest absolute Gasteiger partial charge is 0.326 e. The monoisotopic (exact) mass is 293 g/mol. The second-order valence-corrected chi connectivity index (χ2v) is 4.67. The zero-order valence-corrected chi connectivity index (χ0v) is 11.8. The summed E-state index contributed by atoms with van der Waals surface area (Å²) in [5, 5.41) is 11.2. The fraction of sp³-hybridized carbons (Fsp3) is 0.357. The van der Waals surface area contributed by atoms with Crippen molar-refractivity contribution >= 4 is 17.9 Å². The third kappa shape index (κ3) is 5.94. The molecule has 0 aliphatic rings. The van der Waals surface area contributed by atoms with Gasteiger partial charge in [0.2, 0.25) is 5.91 Å². The Bertz CT molecular complexity index is 504. The second kappa shape index (κ2) is 7.88. The van der Waals surface area contributed by atoms with Crippen molar-refractivity contribution in [3.05, 3.63) is 35.9 Å². The van der Waals surface area contributed by atoms with Crippen molar-refractivity contribution in [2.24, 2.45) is 5.73 Å². The highest BCUT2D eigenvalue weighted by atomic mass is 16.4. The molecule has 0 saturated heterocycles. The van der Waals surface area contributed by atoms with Crippen LogP contribution in [-0.2, 0) is 16.0 Å². The van der Waals surface area contributed by atoms with E-state index < -0.39 is 30.4 Å². The molecule has 0 aliphatic carbocycles. The van der Waals surface area contributed by atoms with Gasteiger partial charge in [0.25, 0.3) is 0 Å². The van der Waals surface area contributed by atoms with E-state index in [1.165, 1.54) is 4.90 Å². The van der Waals surface area contributed by atoms with Crippen LogP contribution in [0.15, 0.2) is 30.3 Å². The lowest BCUT2D eigenvalue weighted by molar-refractivity contribution is -0.140. The van der Waals surface area contributed by atoms with Gasteiger partial charge in [0.05, 0.1) is 6.42 Å². The van der Waals surface area contributed by atoms with E-state index in [9.17, 15) is 14.4 Å². The molecule has 0 bridgehead atoms. The van der Waals surface area contributed by atoms with Gasteiger partial charge in [0.15, 0.2) is 0 Å². The molecule has 0 radical (unpaired) electrons. The van der Waals surface area contributed by atoms with Crippen molar-refractivity contribution in [2.45, 2.75) is 18.9 Å². The molecule has 4 N–H and O–H groups in total. The van der Waals surface area contributed by atoms with Crippen molar-refractivity contribution in [1.29, 1.82) is 0 Å². The topological polar surface area (TPSA) is 113 Å². The van der Waals surface area contributed by atoms with E-state index >= 15 is 0 Å². The van der Waals surface area contributed by atoms with Crippen molar-refractivity contribution in [3.63, 3.8) is 0 Å². The Balaban J connectivity index is 2.49. The SMILES string of the molecule is CN(CCc1ccccc1)C(=O)N[C@@H](CC(N)=O)C(=O)O. The first-order valence-corrected chi connectivity index (χ1v) is 6.47. The molecule has 7 nitrogen and oxygen atoms in total. The molecule has 0 unspecified atom stereocenters. The van der Waals surface area contributed by atoms with E-state index in [4.69, 9.17) is 10.8 Å². The van der Waals surface area contributed by atoms with Crippen LogP contribution >= 0.6 is 0 Å².